The summed E-state index contributed by atoms with van der Waals surface area (Å²) in [4.78, 5) is 30.2. The van der Waals surface area contributed by atoms with Crippen LogP contribution in [0.15, 0.2) is 58.4 Å². The molecule has 9 nitrogen and oxygen atoms in total. The summed E-state index contributed by atoms with van der Waals surface area (Å²) in [5, 5.41) is 8.78. The highest BCUT2D eigenvalue weighted by Gasteiger charge is 2.22. The third kappa shape index (κ3) is 5.03. The first-order valence-corrected chi connectivity index (χ1v) is 11.1. The van der Waals surface area contributed by atoms with Gasteiger partial charge in [-0.1, -0.05) is 35.0 Å². The van der Waals surface area contributed by atoms with Crippen LogP contribution in [0, 0.1) is 0 Å². The number of amides is 1. The van der Waals surface area contributed by atoms with Crippen LogP contribution in [0.4, 0.5) is 5.69 Å². The minimum atomic E-state index is -0.730. The molecule has 2 aromatic heterocycles. The number of hydrogen-bond donors (Lipinski definition) is 1. The number of nitrogens with zero attached hydrogens (tertiary/aromatic N) is 2. The van der Waals surface area contributed by atoms with Gasteiger partial charge in [-0.05, 0) is 23.6 Å². The number of carbonyl (C=O) groups is 2. The Bertz CT molecular complexity index is 1320. The van der Waals surface area contributed by atoms with Crippen molar-refractivity contribution in [1.29, 1.82) is 0 Å². The zero-order chi connectivity index (χ0) is 24.1. The number of halogens is 1. The maximum atomic E-state index is 12.9. The van der Waals surface area contributed by atoms with Crippen molar-refractivity contribution in [2.75, 3.05) is 19.5 Å². The van der Waals surface area contributed by atoms with E-state index in [1.165, 1.54) is 37.7 Å². The van der Waals surface area contributed by atoms with Crippen LogP contribution in [-0.4, -0.2) is 36.2 Å². The lowest BCUT2D eigenvalue weighted by atomic mass is 10.1. The van der Waals surface area contributed by atoms with Gasteiger partial charge in [-0.25, -0.2) is 4.79 Å². The fourth-order valence-electron chi connectivity index (χ4n) is 3.01. The number of nitrogens with one attached hydrogen (secondary N) is 1. The third-order valence-corrected chi connectivity index (χ3v) is 5.84. The summed E-state index contributed by atoms with van der Waals surface area (Å²) in [6.07, 6.45) is 0. The highest BCUT2D eigenvalue weighted by molar-refractivity contribution is 7.12. The predicted octanol–water partition coefficient (Wildman–Crippen LogP) is 5.08. The first-order chi connectivity index (χ1) is 16.5. The van der Waals surface area contributed by atoms with Gasteiger partial charge in [0.15, 0.2) is 18.1 Å². The summed E-state index contributed by atoms with van der Waals surface area (Å²) in [5.74, 6) is -0.128. The van der Waals surface area contributed by atoms with Gasteiger partial charge in [0, 0.05) is 12.1 Å². The van der Waals surface area contributed by atoms with Gasteiger partial charge in [-0.2, -0.15) is 4.98 Å². The average Bonchev–Trinajstić information content (AvgIpc) is 3.55. The van der Waals surface area contributed by atoms with E-state index in [0.717, 1.165) is 0 Å². The van der Waals surface area contributed by atoms with Gasteiger partial charge in [0.2, 0.25) is 5.82 Å². The second kappa shape index (κ2) is 10.4. The van der Waals surface area contributed by atoms with Crippen molar-refractivity contribution in [3.63, 3.8) is 0 Å². The summed E-state index contributed by atoms with van der Waals surface area (Å²) in [6.45, 7) is -0.264. The second-order valence-corrected chi connectivity index (χ2v) is 8.11. The van der Waals surface area contributed by atoms with Crippen LogP contribution in [0.5, 0.6) is 11.5 Å². The number of benzene rings is 2. The van der Waals surface area contributed by atoms with Crippen molar-refractivity contribution in [2.24, 2.45) is 0 Å². The average molecular weight is 500 g/mol. The molecular weight excluding hydrogens is 482 g/mol. The van der Waals surface area contributed by atoms with E-state index < -0.39 is 5.97 Å². The van der Waals surface area contributed by atoms with E-state index >= 15 is 0 Å². The van der Waals surface area contributed by atoms with Gasteiger partial charge in [-0.3, -0.25) is 4.79 Å². The van der Waals surface area contributed by atoms with E-state index in [9.17, 15) is 9.59 Å². The van der Waals surface area contributed by atoms with Gasteiger partial charge < -0.3 is 24.1 Å². The fraction of sp³-hybridized carbons (Fsp3) is 0.130. The Kier molecular flexibility index (Phi) is 7.09. The van der Waals surface area contributed by atoms with E-state index in [2.05, 4.69) is 15.5 Å². The molecule has 0 atom stereocenters. The number of methoxy groups -OCH3 is 2. The molecule has 11 heteroatoms. The number of thiophene rings is 1. The first kappa shape index (κ1) is 23.3. The number of hydrogen-bond acceptors (Lipinski definition) is 9. The normalized spacial score (nSPS) is 10.6. The van der Waals surface area contributed by atoms with Crippen LogP contribution in [0.1, 0.15) is 25.9 Å². The van der Waals surface area contributed by atoms with Gasteiger partial charge >= 0.3 is 5.97 Å². The molecule has 0 aliphatic heterocycles. The fourth-order valence-corrected chi connectivity index (χ4v) is 3.84. The third-order valence-electron chi connectivity index (χ3n) is 4.64. The monoisotopic (exact) mass is 499 g/mol. The zero-order valence-electron chi connectivity index (χ0n) is 18.0. The molecule has 4 aromatic rings. The van der Waals surface area contributed by atoms with Crippen LogP contribution in [0.2, 0.25) is 5.02 Å². The molecule has 0 unspecified atom stereocenters. The Balaban J connectivity index is 1.55. The molecule has 0 aliphatic carbocycles. The number of carbonyl (C=O) groups excluding carboxylic acids is 2. The number of aromatic nitrogens is 2. The van der Waals surface area contributed by atoms with Gasteiger partial charge in [0.25, 0.3) is 11.8 Å². The maximum absolute atomic E-state index is 12.9. The van der Waals surface area contributed by atoms with Crippen molar-refractivity contribution in [1.82, 2.24) is 10.1 Å². The molecule has 1 N–H and O–H groups in total. The van der Waals surface area contributed by atoms with Gasteiger partial charge in [0.05, 0.1) is 40.9 Å². The number of anilines is 1. The second-order valence-electron chi connectivity index (χ2n) is 6.76. The lowest BCUT2D eigenvalue weighted by molar-refractivity contribution is 0.0460. The standard InChI is InChI=1S/C23H18ClN3O6S/c1-30-17-10-14(16(11-18(17)31-2)25-21(28)19-8-5-9-34-19)23(29)32-12-20-26-22(33-27-20)13-6-3-4-7-15(13)24/h3-11H,12H2,1-2H3,(H,25,28). The van der Waals surface area contributed by atoms with Gasteiger partial charge in [-0.15, -0.1) is 11.3 Å². The van der Waals surface area contributed by atoms with Crippen molar-refractivity contribution in [2.45, 2.75) is 6.61 Å². The minimum Gasteiger partial charge on any atom is -0.493 e. The van der Waals surface area contributed by atoms with E-state index in [4.69, 9.17) is 30.3 Å². The molecule has 0 spiro atoms. The number of esters is 1. The maximum Gasteiger partial charge on any atom is 0.340 e. The van der Waals surface area contributed by atoms with Crippen molar-refractivity contribution < 1.29 is 28.3 Å². The summed E-state index contributed by atoms with van der Waals surface area (Å²) in [6, 6.07) is 13.3. The Labute approximate surface area is 203 Å². The van der Waals surface area contributed by atoms with E-state index in [1.807, 2.05) is 0 Å². The van der Waals surface area contributed by atoms with Gasteiger partial charge in [0.1, 0.15) is 0 Å². The predicted molar refractivity (Wildman–Crippen MR) is 126 cm³/mol. The summed E-state index contributed by atoms with van der Waals surface area (Å²) in [7, 11) is 2.89. The highest BCUT2D eigenvalue weighted by Crippen LogP contribution is 2.34. The van der Waals surface area contributed by atoms with Crippen molar-refractivity contribution >= 4 is 40.5 Å². The van der Waals surface area contributed by atoms with Crippen LogP contribution in [0.3, 0.4) is 0 Å². The molecule has 174 valence electrons. The SMILES string of the molecule is COc1cc(NC(=O)c2cccs2)c(C(=O)OCc2noc(-c3ccccc3Cl)n2)cc1OC. The largest absolute Gasteiger partial charge is 0.493 e. The minimum absolute atomic E-state index is 0.0670. The molecule has 34 heavy (non-hydrogen) atoms. The van der Waals surface area contributed by atoms with E-state index in [1.54, 1.807) is 41.8 Å². The number of ether oxygens (including phenoxy) is 3. The molecule has 1 amide bonds. The molecule has 2 heterocycles. The van der Waals surface area contributed by atoms with Crippen molar-refractivity contribution in [3.8, 4) is 23.0 Å². The van der Waals surface area contributed by atoms with Crippen molar-refractivity contribution in [3.05, 3.63) is 75.2 Å². The van der Waals surface area contributed by atoms with Crippen LogP contribution >= 0.6 is 22.9 Å². The van der Waals surface area contributed by atoms with Crippen LogP contribution in [0.25, 0.3) is 11.5 Å². The van der Waals surface area contributed by atoms with E-state index in [0.29, 0.717) is 27.0 Å². The molecule has 0 fully saturated rings. The molecule has 0 bridgehead atoms. The Morgan fingerprint density at radius 1 is 1.09 bits per heavy atom. The number of rotatable bonds is 8. The lowest BCUT2D eigenvalue weighted by Crippen LogP contribution is -2.15. The van der Waals surface area contributed by atoms with Crippen LogP contribution in [-0.2, 0) is 11.3 Å². The van der Waals surface area contributed by atoms with Crippen LogP contribution < -0.4 is 14.8 Å². The molecule has 0 aliphatic rings. The summed E-state index contributed by atoms with van der Waals surface area (Å²) in [5.41, 5.74) is 0.830. The summed E-state index contributed by atoms with van der Waals surface area (Å²) >= 11 is 7.43. The molecule has 0 saturated carbocycles. The molecule has 2 aromatic carbocycles. The quantitative estimate of drug-likeness (QED) is 0.334. The molecule has 0 saturated heterocycles. The Morgan fingerprint density at radius 3 is 2.56 bits per heavy atom. The van der Waals surface area contributed by atoms with E-state index in [-0.39, 0.29) is 35.5 Å². The molecule has 4 rings (SSSR count). The Morgan fingerprint density at radius 2 is 1.85 bits per heavy atom. The Hall–Kier alpha value is -3.89. The molecular formula is C23H18ClN3O6S. The summed E-state index contributed by atoms with van der Waals surface area (Å²) < 4.78 is 21.2. The highest BCUT2D eigenvalue weighted by atomic mass is 35.5. The molecule has 0 radical (unpaired) electrons. The smallest absolute Gasteiger partial charge is 0.340 e. The topological polar surface area (TPSA) is 113 Å². The first-order valence-electron chi connectivity index (χ1n) is 9.85. The lowest BCUT2D eigenvalue weighted by Gasteiger charge is -2.14. The zero-order valence-corrected chi connectivity index (χ0v) is 19.6.